The zero-order valence-corrected chi connectivity index (χ0v) is 9.28. The molecule has 0 fully saturated rings. The standard InChI is InChI=1S/C7H14F3NO3S/c1-6(2)15(12,13)11-3-4-14-5-7(8,9)10/h6,11H,3-5H2,1-2H3. The van der Waals surface area contributed by atoms with Gasteiger partial charge >= 0.3 is 6.18 Å². The van der Waals surface area contributed by atoms with E-state index in [9.17, 15) is 21.6 Å². The topological polar surface area (TPSA) is 55.4 Å². The Morgan fingerprint density at radius 2 is 1.87 bits per heavy atom. The van der Waals surface area contributed by atoms with Crippen LogP contribution in [0.25, 0.3) is 0 Å². The first-order chi connectivity index (χ1) is 6.65. The number of hydrogen-bond donors (Lipinski definition) is 1. The zero-order chi connectivity index (χ0) is 12.1. The molecule has 0 saturated carbocycles. The van der Waals surface area contributed by atoms with Crippen molar-refractivity contribution in [3.63, 3.8) is 0 Å². The number of rotatable bonds is 6. The van der Waals surface area contributed by atoms with Gasteiger partial charge in [0.25, 0.3) is 0 Å². The lowest BCUT2D eigenvalue weighted by Crippen LogP contribution is -2.33. The summed E-state index contributed by atoms with van der Waals surface area (Å²) in [5.41, 5.74) is 0. The molecule has 0 atom stereocenters. The van der Waals surface area contributed by atoms with E-state index in [1.165, 1.54) is 13.8 Å². The molecule has 0 aromatic heterocycles. The first kappa shape index (κ1) is 14.7. The van der Waals surface area contributed by atoms with Crippen LogP contribution in [0.2, 0.25) is 0 Å². The van der Waals surface area contributed by atoms with E-state index in [0.717, 1.165) is 0 Å². The fraction of sp³-hybridized carbons (Fsp3) is 1.00. The van der Waals surface area contributed by atoms with E-state index in [1.807, 2.05) is 0 Å². The van der Waals surface area contributed by atoms with Crippen LogP contribution in [0.15, 0.2) is 0 Å². The molecule has 0 aliphatic carbocycles. The maximum atomic E-state index is 11.6. The first-order valence-electron chi connectivity index (χ1n) is 4.28. The maximum Gasteiger partial charge on any atom is 0.411 e. The van der Waals surface area contributed by atoms with Gasteiger partial charge in [0.1, 0.15) is 6.61 Å². The monoisotopic (exact) mass is 249 g/mol. The van der Waals surface area contributed by atoms with Crippen molar-refractivity contribution in [2.24, 2.45) is 0 Å². The summed E-state index contributed by atoms with van der Waals surface area (Å²) >= 11 is 0. The minimum Gasteiger partial charge on any atom is -0.371 e. The van der Waals surface area contributed by atoms with Crippen molar-refractivity contribution in [3.8, 4) is 0 Å². The Morgan fingerprint density at radius 1 is 1.33 bits per heavy atom. The molecule has 0 radical (unpaired) electrons. The summed E-state index contributed by atoms with van der Waals surface area (Å²) in [6.07, 6.45) is -4.38. The highest BCUT2D eigenvalue weighted by Gasteiger charge is 2.27. The summed E-state index contributed by atoms with van der Waals surface area (Å²) in [4.78, 5) is 0. The van der Waals surface area contributed by atoms with Gasteiger partial charge in [-0.3, -0.25) is 0 Å². The molecule has 0 aromatic carbocycles. The summed E-state index contributed by atoms with van der Waals surface area (Å²) in [7, 11) is -3.43. The molecule has 92 valence electrons. The number of hydrogen-bond acceptors (Lipinski definition) is 3. The molecule has 4 nitrogen and oxygen atoms in total. The minimum absolute atomic E-state index is 0.156. The second-order valence-corrected chi connectivity index (χ2v) is 5.48. The van der Waals surface area contributed by atoms with Gasteiger partial charge in [0.2, 0.25) is 10.0 Å². The molecule has 0 amide bonds. The molecule has 0 aliphatic heterocycles. The molecule has 15 heavy (non-hydrogen) atoms. The lowest BCUT2D eigenvalue weighted by atomic mass is 10.6. The Hall–Kier alpha value is -0.340. The molecule has 0 saturated heterocycles. The molecule has 0 aliphatic rings. The maximum absolute atomic E-state index is 11.6. The number of sulfonamides is 1. The van der Waals surface area contributed by atoms with Gasteiger partial charge in [0, 0.05) is 6.54 Å². The van der Waals surface area contributed by atoms with Gasteiger partial charge in [0.05, 0.1) is 11.9 Å². The van der Waals surface area contributed by atoms with E-state index in [-0.39, 0.29) is 13.2 Å². The Morgan fingerprint density at radius 3 is 2.27 bits per heavy atom. The van der Waals surface area contributed by atoms with Crippen molar-refractivity contribution >= 4 is 10.0 Å². The lowest BCUT2D eigenvalue weighted by molar-refractivity contribution is -0.173. The number of nitrogens with one attached hydrogen (secondary N) is 1. The SMILES string of the molecule is CC(C)S(=O)(=O)NCCOCC(F)(F)F. The van der Waals surface area contributed by atoms with E-state index in [2.05, 4.69) is 9.46 Å². The average molecular weight is 249 g/mol. The van der Waals surface area contributed by atoms with Crippen molar-refractivity contribution < 1.29 is 26.3 Å². The fourth-order valence-corrected chi connectivity index (χ4v) is 1.31. The second kappa shape index (κ2) is 5.66. The third-order valence-electron chi connectivity index (χ3n) is 1.44. The molecule has 0 bridgehead atoms. The minimum atomic E-state index is -4.38. The number of alkyl halides is 3. The van der Waals surface area contributed by atoms with Crippen molar-refractivity contribution in [2.45, 2.75) is 25.3 Å². The summed E-state index contributed by atoms with van der Waals surface area (Å²) in [5.74, 6) is 0. The predicted octanol–water partition coefficient (Wildman–Crippen LogP) is 0.893. The van der Waals surface area contributed by atoms with Crippen LogP contribution in [0, 0.1) is 0 Å². The predicted molar refractivity (Wildman–Crippen MR) is 48.9 cm³/mol. The summed E-state index contributed by atoms with van der Waals surface area (Å²) in [5, 5.41) is -0.611. The smallest absolute Gasteiger partial charge is 0.371 e. The van der Waals surface area contributed by atoms with Gasteiger partial charge in [-0.05, 0) is 13.8 Å². The fourth-order valence-electron chi connectivity index (χ4n) is 0.611. The van der Waals surface area contributed by atoms with Crippen LogP contribution in [0.4, 0.5) is 13.2 Å². The van der Waals surface area contributed by atoms with Crippen LogP contribution < -0.4 is 4.72 Å². The van der Waals surface area contributed by atoms with Crippen LogP contribution in [0.3, 0.4) is 0 Å². The molecule has 0 spiro atoms. The normalized spacial score (nSPS) is 13.5. The second-order valence-electron chi connectivity index (χ2n) is 3.16. The molecule has 0 heterocycles. The van der Waals surface area contributed by atoms with Gasteiger partial charge < -0.3 is 4.74 Å². The summed E-state index contributed by atoms with van der Waals surface area (Å²) < 4.78 is 63.3. The largest absolute Gasteiger partial charge is 0.411 e. The highest BCUT2D eigenvalue weighted by atomic mass is 32.2. The van der Waals surface area contributed by atoms with Gasteiger partial charge in [-0.25, -0.2) is 13.1 Å². The molecular formula is C7H14F3NO3S. The Labute approximate surface area is 86.8 Å². The van der Waals surface area contributed by atoms with Crippen LogP contribution in [-0.2, 0) is 14.8 Å². The third-order valence-corrected chi connectivity index (χ3v) is 3.28. The van der Waals surface area contributed by atoms with E-state index in [0.29, 0.717) is 0 Å². The van der Waals surface area contributed by atoms with Crippen molar-refractivity contribution in [1.82, 2.24) is 4.72 Å². The van der Waals surface area contributed by atoms with Gasteiger partial charge in [0.15, 0.2) is 0 Å². The van der Waals surface area contributed by atoms with Crippen LogP contribution in [0.1, 0.15) is 13.8 Å². The van der Waals surface area contributed by atoms with E-state index in [4.69, 9.17) is 0 Å². The molecule has 1 N–H and O–H groups in total. The number of ether oxygens (including phenoxy) is 1. The van der Waals surface area contributed by atoms with Crippen molar-refractivity contribution in [1.29, 1.82) is 0 Å². The van der Waals surface area contributed by atoms with Crippen LogP contribution in [0.5, 0.6) is 0 Å². The molecule has 0 rings (SSSR count). The highest BCUT2D eigenvalue weighted by Crippen LogP contribution is 2.13. The van der Waals surface area contributed by atoms with E-state index >= 15 is 0 Å². The Bertz CT molecular complexity index is 274. The van der Waals surface area contributed by atoms with Crippen molar-refractivity contribution in [3.05, 3.63) is 0 Å². The highest BCUT2D eigenvalue weighted by molar-refractivity contribution is 7.90. The van der Waals surface area contributed by atoms with Gasteiger partial charge in [-0.15, -0.1) is 0 Å². The molecule has 8 heteroatoms. The molecule has 0 aromatic rings. The lowest BCUT2D eigenvalue weighted by Gasteiger charge is -2.10. The van der Waals surface area contributed by atoms with Crippen LogP contribution in [-0.4, -0.2) is 39.6 Å². The third kappa shape index (κ3) is 7.57. The zero-order valence-electron chi connectivity index (χ0n) is 8.47. The summed E-state index contributed by atoms with van der Waals surface area (Å²) in [6, 6.07) is 0. The quantitative estimate of drug-likeness (QED) is 0.711. The van der Waals surface area contributed by atoms with E-state index in [1.54, 1.807) is 0 Å². The summed E-state index contributed by atoms with van der Waals surface area (Å²) in [6.45, 7) is 1.12. The number of halogens is 3. The Balaban J connectivity index is 3.65. The molecular weight excluding hydrogens is 235 g/mol. The van der Waals surface area contributed by atoms with Crippen LogP contribution >= 0.6 is 0 Å². The van der Waals surface area contributed by atoms with Gasteiger partial charge in [-0.1, -0.05) is 0 Å². The van der Waals surface area contributed by atoms with E-state index < -0.39 is 28.1 Å². The van der Waals surface area contributed by atoms with Crippen molar-refractivity contribution in [2.75, 3.05) is 19.8 Å². The Kier molecular flexibility index (Phi) is 5.54. The molecule has 0 unspecified atom stereocenters. The first-order valence-corrected chi connectivity index (χ1v) is 5.83. The average Bonchev–Trinajstić information content (AvgIpc) is 2.00. The van der Waals surface area contributed by atoms with Gasteiger partial charge in [-0.2, -0.15) is 13.2 Å².